The van der Waals surface area contributed by atoms with Crippen molar-refractivity contribution in [1.82, 2.24) is 14.3 Å². The summed E-state index contributed by atoms with van der Waals surface area (Å²) in [7, 11) is 0. The monoisotopic (exact) mass is 734 g/mol. The molecule has 0 unspecified atom stereocenters. The van der Waals surface area contributed by atoms with Crippen molar-refractivity contribution in [2.24, 2.45) is 0 Å². The largest absolute Gasteiger partial charge is 2.00 e. The quantitative estimate of drug-likeness (QED) is 0.174. The average Bonchev–Trinajstić information content (AvgIpc) is 3.26. The summed E-state index contributed by atoms with van der Waals surface area (Å²) >= 11 is 6.92. The molecule has 1 amide bonds. The van der Waals surface area contributed by atoms with Crippen LogP contribution in [-0.2, 0) is 15.0 Å². The number of amides is 1. The number of rotatable bonds is 5. The van der Waals surface area contributed by atoms with E-state index < -0.39 is 11.4 Å². The minimum absolute atomic E-state index is 0. The number of nitrogens with one attached hydrogen (secondary N) is 1. The van der Waals surface area contributed by atoms with Crippen LogP contribution in [0.5, 0.6) is 0 Å². The van der Waals surface area contributed by atoms with Crippen LogP contribution in [-0.4, -0.2) is 31.8 Å². The zero-order valence-electron chi connectivity index (χ0n) is 18.5. The number of hydrogen-bond donors (Lipinski definition) is 2. The van der Waals surface area contributed by atoms with Gasteiger partial charge >= 0.3 is 42.9 Å². The summed E-state index contributed by atoms with van der Waals surface area (Å²) < 4.78 is 14.9. The number of aryl methyl sites for hydroxylation is 1. The number of carbonyl (C=O) groups excluding carboxylic acids is 1. The van der Waals surface area contributed by atoms with Gasteiger partial charge < -0.3 is 24.1 Å². The van der Waals surface area contributed by atoms with Crippen LogP contribution in [0.15, 0.2) is 33.1 Å². The second-order valence-electron chi connectivity index (χ2n) is 7.30. The number of nitrogens with zero attached hydrogens (tertiary/aromatic N) is 3. The fourth-order valence-electron chi connectivity index (χ4n) is 3.02. The van der Waals surface area contributed by atoms with Gasteiger partial charge in [-0.15, -0.1) is 12.1 Å². The minimum Gasteiger partial charge on any atom is -0.487 e. The van der Waals surface area contributed by atoms with Crippen LogP contribution >= 0.6 is 23.1 Å². The molecule has 9 nitrogen and oxygen atoms in total. The summed E-state index contributed by atoms with van der Waals surface area (Å²) in [6, 6.07) is 7.77. The molecule has 1 fully saturated rings. The summed E-state index contributed by atoms with van der Waals surface area (Å²) in [4.78, 5) is 30.5. The number of carboxylic acids is 1. The van der Waals surface area contributed by atoms with E-state index in [0.717, 1.165) is 22.1 Å². The van der Waals surface area contributed by atoms with Crippen molar-refractivity contribution in [2.45, 2.75) is 32.1 Å². The molecule has 176 valence electrons. The third kappa shape index (κ3) is 5.74. The Balaban J connectivity index is 0.000000291. The van der Waals surface area contributed by atoms with Crippen LogP contribution in [0, 0.1) is 56.3 Å². The minimum atomic E-state index is -1.05. The summed E-state index contributed by atoms with van der Waals surface area (Å²) in [5, 5.41) is 12.5. The van der Waals surface area contributed by atoms with Crippen LogP contribution in [0.1, 0.15) is 47.7 Å². The zero-order valence-corrected chi connectivity index (χ0v) is 24.2. The molecule has 5 rings (SSSR count). The summed E-state index contributed by atoms with van der Waals surface area (Å²) in [6.07, 6.45) is 4.53. The topological polar surface area (TPSA) is 131 Å². The first-order valence-electron chi connectivity index (χ1n) is 10.0. The van der Waals surface area contributed by atoms with E-state index >= 15 is 0 Å². The van der Waals surface area contributed by atoms with Gasteiger partial charge in [-0.2, -0.15) is 39.6 Å². The number of fused-ring (bicyclic) bond motifs is 1. The third-order valence-corrected chi connectivity index (χ3v) is 6.28. The fraction of sp³-hybridized carbons (Fsp3) is 0.217. The van der Waals surface area contributed by atoms with E-state index in [2.05, 4.69) is 31.5 Å². The molecule has 0 atom stereocenters. The SMILES string of the molecule is C[CH-]c1ccccc1Cl.Cc1nsc(C#Cc2nc3nc(C4(C(=O)O)CC4)oc3o2)c1N[C-]=O.[U+2]. The number of oxazole rings is 2. The maximum Gasteiger partial charge on any atom is 2.00 e. The molecule has 0 aliphatic heterocycles. The standard InChI is InChI=1S/C15H9N4O5S.C8H8Cl.U/c1-7-10(16-6-20)8(25-19-7)2-3-9-17-11-12(23-9)24-13(18-11)15(4-5-15)14(21)22;1-2-7-5-3-4-6-8(7)9;/h4-5H2,1H3,(H,16,20)(H,21,22);2-6H,1H3;/q2*-1;+2. The first-order chi connectivity index (χ1) is 16.4. The van der Waals surface area contributed by atoms with Crippen molar-refractivity contribution >= 4 is 52.6 Å². The Morgan fingerprint density at radius 1 is 1.29 bits per heavy atom. The smallest absolute Gasteiger partial charge is 0.487 e. The first kappa shape index (κ1) is 26.8. The van der Waals surface area contributed by atoms with Crippen molar-refractivity contribution < 1.29 is 54.6 Å². The van der Waals surface area contributed by atoms with Crippen molar-refractivity contribution in [3.63, 3.8) is 0 Å². The molecule has 0 radical (unpaired) electrons. The second-order valence-corrected chi connectivity index (χ2v) is 8.48. The van der Waals surface area contributed by atoms with Gasteiger partial charge in [-0.1, -0.05) is 29.6 Å². The normalized spacial score (nSPS) is 12.9. The van der Waals surface area contributed by atoms with E-state index in [-0.39, 0.29) is 54.3 Å². The summed E-state index contributed by atoms with van der Waals surface area (Å²) in [5.41, 5.74) is 1.33. The van der Waals surface area contributed by atoms with Gasteiger partial charge in [0.2, 0.25) is 11.5 Å². The molecule has 1 saturated carbocycles. The Morgan fingerprint density at radius 2 is 2.03 bits per heavy atom. The summed E-state index contributed by atoms with van der Waals surface area (Å²) in [6.45, 7) is 3.71. The number of carbonyl (C=O) groups is 1. The number of halogens is 1. The van der Waals surface area contributed by atoms with Crippen molar-refractivity contribution in [3.05, 3.63) is 63.6 Å². The van der Waals surface area contributed by atoms with Crippen LogP contribution in [0.25, 0.3) is 11.4 Å². The molecule has 4 aromatic rings. The van der Waals surface area contributed by atoms with E-state index in [1.807, 2.05) is 37.6 Å². The van der Waals surface area contributed by atoms with Crippen LogP contribution < -0.4 is 5.32 Å². The predicted molar refractivity (Wildman–Crippen MR) is 125 cm³/mol. The molecule has 3 aromatic heterocycles. The van der Waals surface area contributed by atoms with Gasteiger partial charge in [0.1, 0.15) is 5.41 Å². The van der Waals surface area contributed by atoms with E-state index in [0.29, 0.717) is 29.1 Å². The number of aliphatic carboxylic acids is 1. The van der Waals surface area contributed by atoms with Crippen molar-refractivity contribution in [3.8, 4) is 11.8 Å². The van der Waals surface area contributed by atoms with Gasteiger partial charge in [0.15, 0.2) is 0 Å². The molecule has 0 spiro atoms. The Bertz CT molecular complexity index is 1400. The molecule has 3 heterocycles. The molecular formula is C23H17ClN4O5SU. The van der Waals surface area contributed by atoms with Crippen molar-refractivity contribution in [1.29, 1.82) is 0 Å². The maximum absolute atomic E-state index is 11.3. The molecule has 0 saturated heterocycles. The number of benzene rings is 1. The third-order valence-electron chi connectivity index (χ3n) is 5.08. The zero-order chi connectivity index (χ0) is 24.3. The van der Waals surface area contributed by atoms with Crippen LogP contribution in [0.2, 0.25) is 5.02 Å². The number of carboxylic acid groups (broad SMARTS) is 1. The van der Waals surface area contributed by atoms with E-state index in [1.165, 1.54) is 0 Å². The fourth-order valence-corrected chi connectivity index (χ4v) is 3.97. The predicted octanol–water partition coefficient (Wildman–Crippen LogP) is 4.49. The van der Waals surface area contributed by atoms with E-state index in [9.17, 15) is 14.7 Å². The number of hydrogen-bond acceptors (Lipinski definition) is 8. The average molecular weight is 735 g/mol. The molecule has 12 heteroatoms. The Labute approximate surface area is 233 Å². The van der Waals surface area contributed by atoms with E-state index in [1.54, 1.807) is 13.3 Å². The van der Waals surface area contributed by atoms with Gasteiger partial charge in [0.25, 0.3) is 5.89 Å². The van der Waals surface area contributed by atoms with Gasteiger partial charge in [-0.3, -0.25) is 4.79 Å². The summed E-state index contributed by atoms with van der Waals surface area (Å²) in [5.74, 6) is 4.75. The Morgan fingerprint density at radius 3 is 2.60 bits per heavy atom. The van der Waals surface area contributed by atoms with Crippen LogP contribution in [0.4, 0.5) is 5.69 Å². The number of aromatic nitrogens is 3. The maximum atomic E-state index is 11.3. The second kappa shape index (κ2) is 11.3. The Hall–Kier alpha value is -2.76. The molecule has 1 aliphatic rings. The molecule has 1 aromatic carbocycles. The number of anilines is 1. The first-order valence-corrected chi connectivity index (χ1v) is 11.2. The molecule has 0 bridgehead atoms. The molecule has 1 aliphatic carbocycles. The molecule has 2 N–H and O–H groups in total. The van der Waals surface area contributed by atoms with Gasteiger partial charge in [-0.25, -0.2) is 4.37 Å². The van der Waals surface area contributed by atoms with Gasteiger partial charge in [0, 0.05) is 4.88 Å². The Kier molecular flexibility index (Phi) is 8.68. The molecular weight excluding hydrogens is 718 g/mol. The van der Waals surface area contributed by atoms with Gasteiger partial charge in [-0.05, 0) is 42.9 Å². The van der Waals surface area contributed by atoms with Crippen molar-refractivity contribution in [2.75, 3.05) is 5.32 Å². The van der Waals surface area contributed by atoms with Gasteiger partial charge in [0.05, 0.1) is 6.41 Å². The van der Waals surface area contributed by atoms with E-state index in [4.69, 9.17) is 20.4 Å². The molecule has 35 heavy (non-hydrogen) atoms. The van der Waals surface area contributed by atoms with Crippen LogP contribution in [0.3, 0.4) is 0 Å².